The largest absolute Gasteiger partial charge is 0.374 e. The van der Waals surface area contributed by atoms with Crippen molar-refractivity contribution in [2.75, 3.05) is 7.11 Å². The first-order chi connectivity index (χ1) is 6.06. The molecule has 0 spiro atoms. The standard InChI is InChI=1S/C9H14Cl2OSi/c1-9(12-2)5-3-8(4-6-9)7-13(10)11/h3-5,13H,6-7H2,1-2H3. The molecule has 1 aliphatic carbocycles. The van der Waals surface area contributed by atoms with Crippen molar-refractivity contribution in [3.05, 3.63) is 23.8 Å². The number of allylic oxidation sites excluding steroid dienone is 2. The molecular formula is C9H14Cl2OSi. The van der Waals surface area contributed by atoms with Gasteiger partial charge in [0.2, 0.25) is 7.42 Å². The highest BCUT2D eigenvalue weighted by molar-refractivity contribution is 7.34. The molecule has 0 saturated carbocycles. The fourth-order valence-electron chi connectivity index (χ4n) is 1.23. The maximum Gasteiger partial charge on any atom is 0.241 e. The Balaban J connectivity index is 2.55. The van der Waals surface area contributed by atoms with E-state index in [0.29, 0.717) is 0 Å². The smallest absolute Gasteiger partial charge is 0.241 e. The summed E-state index contributed by atoms with van der Waals surface area (Å²) in [6.45, 7) is 2.06. The summed E-state index contributed by atoms with van der Waals surface area (Å²) in [5.74, 6) is 0. The first kappa shape index (κ1) is 11.3. The fraction of sp³-hybridized carbons (Fsp3) is 0.556. The van der Waals surface area contributed by atoms with E-state index in [9.17, 15) is 0 Å². The maximum absolute atomic E-state index is 5.81. The summed E-state index contributed by atoms with van der Waals surface area (Å²) in [5, 5.41) is 0. The molecule has 0 aliphatic heterocycles. The molecule has 1 nitrogen and oxygen atoms in total. The van der Waals surface area contributed by atoms with Gasteiger partial charge in [0.25, 0.3) is 0 Å². The molecule has 0 bridgehead atoms. The molecule has 1 rings (SSSR count). The minimum absolute atomic E-state index is 0.140. The Bertz CT molecular complexity index is 238. The summed E-state index contributed by atoms with van der Waals surface area (Å²) in [4.78, 5) is 0. The Morgan fingerprint density at radius 2 is 2.31 bits per heavy atom. The SMILES string of the molecule is COC1(C)C=CC(C[SiH](Cl)Cl)=CC1. The number of hydrogen-bond donors (Lipinski definition) is 0. The molecule has 0 aromatic carbocycles. The molecule has 0 amide bonds. The second-order valence-corrected chi connectivity index (χ2v) is 8.45. The van der Waals surface area contributed by atoms with Crippen LogP contribution in [0.3, 0.4) is 0 Å². The molecule has 1 unspecified atom stereocenters. The minimum atomic E-state index is -1.51. The van der Waals surface area contributed by atoms with Crippen LogP contribution in [-0.4, -0.2) is 20.1 Å². The van der Waals surface area contributed by atoms with E-state index in [4.69, 9.17) is 26.9 Å². The van der Waals surface area contributed by atoms with Crippen molar-refractivity contribution < 1.29 is 4.74 Å². The van der Waals surface area contributed by atoms with Crippen molar-refractivity contribution in [1.29, 1.82) is 0 Å². The Hall–Kier alpha value is 0.237. The molecule has 0 heterocycles. The second kappa shape index (κ2) is 4.65. The lowest BCUT2D eigenvalue weighted by Crippen LogP contribution is -2.25. The van der Waals surface area contributed by atoms with E-state index < -0.39 is 7.42 Å². The predicted octanol–water partition coefficient (Wildman–Crippen LogP) is 2.98. The Labute approximate surface area is 90.4 Å². The predicted molar refractivity (Wildman–Crippen MR) is 60.9 cm³/mol. The maximum atomic E-state index is 5.81. The van der Waals surface area contributed by atoms with Gasteiger partial charge >= 0.3 is 0 Å². The van der Waals surface area contributed by atoms with Crippen molar-refractivity contribution in [3.8, 4) is 0 Å². The minimum Gasteiger partial charge on any atom is -0.374 e. The topological polar surface area (TPSA) is 9.23 Å². The lowest BCUT2D eigenvalue weighted by atomic mass is 9.94. The van der Waals surface area contributed by atoms with Gasteiger partial charge in [-0.25, -0.2) is 0 Å². The van der Waals surface area contributed by atoms with Crippen molar-refractivity contribution in [2.45, 2.75) is 25.0 Å². The van der Waals surface area contributed by atoms with Crippen LogP contribution in [0.4, 0.5) is 0 Å². The summed E-state index contributed by atoms with van der Waals surface area (Å²) in [6.07, 6.45) is 7.21. The molecule has 0 fully saturated rings. The van der Waals surface area contributed by atoms with Gasteiger partial charge in [-0.3, -0.25) is 0 Å². The molecule has 0 aromatic heterocycles. The van der Waals surface area contributed by atoms with Crippen LogP contribution in [0.25, 0.3) is 0 Å². The average Bonchev–Trinajstić information content (AvgIpc) is 2.09. The molecular weight excluding hydrogens is 223 g/mol. The zero-order valence-electron chi connectivity index (χ0n) is 7.89. The first-order valence-electron chi connectivity index (χ1n) is 4.27. The van der Waals surface area contributed by atoms with E-state index in [-0.39, 0.29) is 5.60 Å². The van der Waals surface area contributed by atoms with Crippen LogP contribution in [0, 0.1) is 0 Å². The first-order valence-corrected chi connectivity index (χ1v) is 8.58. The normalized spacial score (nSPS) is 27.9. The average molecular weight is 237 g/mol. The number of rotatable bonds is 3. The molecule has 4 heteroatoms. The summed E-state index contributed by atoms with van der Waals surface area (Å²) >= 11 is 11.6. The molecule has 0 saturated heterocycles. The number of methoxy groups -OCH3 is 1. The molecule has 0 N–H and O–H groups in total. The lowest BCUT2D eigenvalue weighted by Gasteiger charge is -2.26. The van der Waals surface area contributed by atoms with Gasteiger partial charge in [0, 0.05) is 7.11 Å². The lowest BCUT2D eigenvalue weighted by molar-refractivity contribution is 0.0502. The van der Waals surface area contributed by atoms with Crippen LogP contribution in [0.15, 0.2) is 23.8 Å². The molecule has 0 aromatic rings. The van der Waals surface area contributed by atoms with Gasteiger partial charge in [-0.2, -0.15) is 0 Å². The van der Waals surface area contributed by atoms with Crippen LogP contribution in [-0.2, 0) is 4.74 Å². The van der Waals surface area contributed by atoms with Crippen molar-refractivity contribution in [2.24, 2.45) is 0 Å². The third-order valence-electron chi connectivity index (χ3n) is 2.28. The van der Waals surface area contributed by atoms with Crippen LogP contribution < -0.4 is 0 Å². The van der Waals surface area contributed by atoms with Gasteiger partial charge in [0.15, 0.2) is 0 Å². The van der Waals surface area contributed by atoms with Gasteiger partial charge < -0.3 is 4.74 Å². The van der Waals surface area contributed by atoms with Gasteiger partial charge in [0.05, 0.1) is 5.60 Å². The number of hydrogen-bond acceptors (Lipinski definition) is 1. The van der Waals surface area contributed by atoms with E-state index in [1.54, 1.807) is 7.11 Å². The van der Waals surface area contributed by atoms with E-state index in [1.807, 2.05) is 0 Å². The summed E-state index contributed by atoms with van der Waals surface area (Å²) in [6, 6.07) is 0.847. The quantitative estimate of drug-likeness (QED) is 0.541. The summed E-state index contributed by atoms with van der Waals surface area (Å²) in [5.41, 5.74) is 1.11. The molecule has 1 aliphatic rings. The highest BCUT2D eigenvalue weighted by Crippen LogP contribution is 2.26. The third kappa shape index (κ3) is 3.47. The summed E-state index contributed by atoms with van der Waals surface area (Å²) in [7, 11) is 0.215. The fourth-order valence-corrected chi connectivity index (χ4v) is 2.96. The number of ether oxygens (including phenoxy) is 1. The van der Waals surface area contributed by atoms with Crippen molar-refractivity contribution in [1.82, 2.24) is 0 Å². The van der Waals surface area contributed by atoms with Crippen LogP contribution in [0.2, 0.25) is 6.04 Å². The molecule has 0 radical (unpaired) electrons. The van der Waals surface area contributed by atoms with Gasteiger partial charge in [-0.15, -0.1) is 22.2 Å². The van der Waals surface area contributed by atoms with Crippen LogP contribution in [0.5, 0.6) is 0 Å². The van der Waals surface area contributed by atoms with Crippen molar-refractivity contribution in [3.63, 3.8) is 0 Å². The van der Waals surface area contributed by atoms with Gasteiger partial charge in [0.1, 0.15) is 0 Å². The van der Waals surface area contributed by atoms with Gasteiger partial charge in [-0.1, -0.05) is 23.8 Å². The third-order valence-corrected chi connectivity index (χ3v) is 3.98. The monoisotopic (exact) mass is 236 g/mol. The zero-order valence-corrected chi connectivity index (χ0v) is 10.6. The van der Waals surface area contributed by atoms with Crippen LogP contribution >= 0.6 is 22.2 Å². The zero-order chi connectivity index (χ0) is 9.90. The van der Waals surface area contributed by atoms with Gasteiger partial charge in [-0.05, 0) is 19.4 Å². The highest BCUT2D eigenvalue weighted by Gasteiger charge is 2.21. The Morgan fingerprint density at radius 1 is 1.62 bits per heavy atom. The molecule has 1 atom stereocenters. The van der Waals surface area contributed by atoms with E-state index in [1.165, 1.54) is 5.57 Å². The Kier molecular flexibility index (Phi) is 4.04. The van der Waals surface area contributed by atoms with E-state index >= 15 is 0 Å². The van der Waals surface area contributed by atoms with Crippen molar-refractivity contribution >= 4 is 29.6 Å². The number of halogens is 2. The summed E-state index contributed by atoms with van der Waals surface area (Å²) < 4.78 is 5.35. The van der Waals surface area contributed by atoms with E-state index in [2.05, 4.69) is 25.2 Å². The molecule has 13 heavy (non-hydrogen) atoms. The Morgan fingerprint density at radius 3 is 2.69 bits per heavy atom. The van der Waals surface area contributed by atoms with Crippen LogP contribution in [0.1, 0.15) is 13.3 Å². The highest BCUT2D eigenvalue weighted by atomic mass is 35.7. The molecule has 74 valence electrons. The van der Waals surface area contributed by atoms with E-state index in [0.717, 1.165) is 12.5 Å². The second-order valence-electron chi connectivity index (χ2n) is 3.43.